The Morgan fingerprint density at radius 2 is 2.09 bits per heavy atom. The zero-order valence-corrected chi connectivity index (χ0v) is 6.54. The van der Waals surface area contributed by atoms with Crippen molar-refractivity contribution >= 4 is 11.8 Å². The maximum Gasteiger partial charge on any atom is 0.0419 e. The molecule has 0 aromatic heterocycles. The third-order valence-corrected chi connectivity index (χ3v) is 1.91. The Kier molecular flexibility index (Phi) is 1.42. The van der Waals surface area contributed by atoms with E-state index >= 15 is 0 Å². The van der Waals surface area contributed by atoms with Gasteiger partial charge < -0.3 is 5.32 Å². The van der Waals surface area contributed by atoms with Gasteiger partial charge in [0.2, 0.25) is 0 Å². The molecule has 1 aliphatic heterocycles. The molecule has 1 nitrogen and oxygen atoms in total. The number of hydrogen-bond acceptors (Lipinski definition) is 1. The molecule has 0 fully saturated rings. The molecule has 1 N–H and O–H groups in total. The van der Waals surface area contributed by atoms with Crippen LogP contribution in [0.4, 0.5) is 5.69 Å². The second-order valence-electron chi connectivity index (χ2n) is 2.88. The summed E-state index contributed by atoms with van der Waals surface area (Å²) in [4.78, 5) is 0. The predicted molar refractivity (Wildman–Crippen MR) is 48.6 cm³/mol. The van der Waals surface area contributed by atoms with E-state index < -0.39 is 0 Å². The number of nitrogens with one attached hydrogen (secondary N) is 1. The van der Waals surface area contributed by atoms with Crippen molar-refractivity contribution in [1.82, 2.24) is 0 Å². The van der Waals surface area contributed by atoms with E-state index in [4.69, 9.17) is 0 Å². The Hall–Kier alpha value is -1.24. The highest BCUT2D eigenvalue weighted by Crippen LogP contribution is 2.21. The normalized spacial score (nSPS) is 20.6. The lowest BCUT2D eigenvalue weighted by Gasteiger charge is -2.18. The van der Waals surface area contributed by atoms with Gasteiger partial charge in [-0.25, -0.2) is 0 Å². The number of fused-ring (bicyclic) bond motifs is 1. The maximum absolute atomic E-state index is 3.37. The van der Waals surface area contributed by atoms with E-state index in [0.717, 1.165) is 0 Å². The van der Waals surface area contributed by atoms with E-state index in [2.05, 4.69) is 48.7 Å². The van der Waals surface area contributed by atoms with E-state index in [1.165, 1.54) is 11.3 Å². The summed E-state index contributed by atoms with van der Waals surface area (Å²) in [6.45, 7) is 2.15. The quantitative estimate of drug-likeness (QED) is 0.591. The summed E-state index contributed by atoms with van der Waals surface area (Å²) in [5, 5.41) is 3.37. The van der Waals surface area contributed by atoms with Crippen LogP contribution in [0.15, 0.2) is 30.3 Å². The van der Waals surface area contributed by atoms with E-state index in [1.54, 1.807) is 0 Å². The highest BCUT2D eigenvalue weighted by atomic mass is 14.9. The SMILES string of the molecule is C[C@@H]1C=Cc2ccccc2N1. The van der Waals surface area contributed by atoms with Crippen molar-refractivity contribution in [2.75, 3.05) is 5.32 Å². The average molecular weight is 145 g/mol. The van der Waals surface area contributed by atoms with Crippen molar-refractivity contribution in [3.05, 3.63) is 35.9 Å². The van der Waals surface area contributed by atoms with Crippen LogP contribution in [0.3, 0.4) is 0 Å². The van der Waals surface area contributed by atoms with Crippen molar-refractivity contribution in [1.29, 1.82) is 0 Å². The standard InChI is InChI=1S/C10H11N/c1-8-6-7-9-4-2-3-5-10(9)11-8/h2-8,11H,1H3/t8-/m1/s1. The van der Waals surface area contributed by atoms with Gasteiger partial charge in [0.05, 0.1) is 0 Å². The molecule has 1 aromatic carbocycles. The van der Waals surface area contributed by atoms with Crippen molar-refractivity contribution in [3.8, 4) is 0 Å². The molecule has 56 valence electrons. The maximum atomic E-state index is 3.37. The molecule has 1 heteroatoms. The minimum Gasteiger partial charge on any atom is -0.379 e. The summed E-state index contributed by atoms with van der Waals surface area (Å²) in [5.74, 6) is 0. The minimum atomic E-state index is 0.463. The Labute approximate surface area is 66.7 Å². The average Bonchev–Trinajstić information content (AvgIpc) is 2.04. The molecule has 0 saturated carbocycles. The molecule has 0 bridgehead atoms. The van der Waals surface area contributed by atoms with Gasteiger partial charge in [-0.15, -0.1) is 0 Å². The van der Waals surface area contributed by atoms with Crippen LogP contribution in [-0.2, 0) is 0 Å². The van der Waals surface area contributed by atoms with Crippen LogP contribution >= 0.6 is 0 Å². The van der Waals surface area contributed by atoms with Gasteiger partial charge >= 0.3 is 0 Å². The highest BCUT2D eigenvalue weighted by Gasteiger charge is 2.05. The Balaban J connectivity index is 2.46. The lowest BCUT2D eigenvalue weighted by Crippen LogP contribution is -2.15. The van der Waals surface area contributed by atoms with E-state index in [9.17, 15) is 0 Å². The summed E-state index contributed by atoms with van der Waals surface area (Å²) in [6, 6.07) is 8.79. The van der Waals surface area contributed by atoms with Gasteiger partial charge in [0.1, 0.15) is 0 Å². The minimum absolute atomic E-state index is 0.463. The van der Waals surface area contributed by atoms with E-state index in [1.807, 2.05) is 0 Å². The molecule has 0 spiro atoms. The topological polar surface area (TPSA) is 12.0 Å². The molecule has 1 aromatic rings. The molecule has 0 aliphatic carbocycles. The third kappa shape index (κ3) is 1.14. The fraction of sp³-hybridized carbons (Fsp3) is 0.200. The second kappa shape index (κ2) is 2.42. The highest BCUT2D eigenvalue weighted by molar-refractivity contribution is 5.70. The van der Waals surface area contributed by atoms with Crippen LogP contribution in [0.25, 0.3) is 6.08 Å². The molecule has 0 radical (unpaired) electrons. The van der Waals surface area contributed by atoms with Crippen molar-refractivity contribution in [3.63, 3.8) is 0 Å². The largest absolute Gasteiger partial charge is 0.379 e. The van der Waals surface area contributed by atoms with Crippen LogP contribution in [-0.4, -0.2) is 6.04 Å². The number of rotatable bonds is 0. The van der Waals surface area contributed by atoms with Gasteiger partial charge in [-0.1, -0.05) is 30.4 Å². The molecule has 11 heavy (non-hydrogen) atoms. The van der Waals surface area contributed by atoms with Crippen LogP contribution < -0.4 is 5.32 Å². The molecule has 1 atom stereocenters. The van der Waals surface area contributed by atoms with Crippen LogP contribution in [0, 0.1) is 0 Å². The first-order chi connectivity index (χ1) is 5.36. The van der Waals surface area contributed by atoms with Crippen molar-refractivity contribution in [2.24, 2.45) is 0 Å². The summed E-state index contributed by atoms with van der Waals surface area (Å²) < 4.78 is 0. The Bertz CT molecular complexity index is 289. The van der Waals surface area contributed by atoms with Gasteiger partial charge in [-0.3, -0.25) is 0 Å². The monoisotopic (exact) mass is 145 g/mol. The lowest BCUT2D eigenvalue weighted by molar-refractivity contribution is 0.992. The Morgan fingerprint density at radius 1 is 1.27 bits per heavy atom. The Morgan fingerprint density at radius 3 is 3.00 bits per heavy atom. The third-order valence-electron chi connectivity index (χ3n) is 1.91. The first-order valence-corrected chi connectivity index (χ1v) is 3.90. The van der Waals surface area contributed by atoms with Gasteiger partial charge in [-0.05, 0) is 18.6 Å². The number of hydrogen-bond donors (Lipinski definition) is 1. The van der Waals surface area contributed by atoms with Gasteiger partial charge in [0.15, 0.2) is 0 Å². The first-order valence-electron chi connectivity index (χ1n) is 3.90. The smallest absolute Gasteiger partial charge is 0.0419 e. The van der Waals surface area contributed by atoms with Crippen LogP contribution in [0.2, 0.25) is 0 Å². The van der Waals surface area contributed by atoms with Gasteiger partial charge in [0, 0.05) is 11.7 Å². The number of para-hydroxylation sites is 1. The molecule has 0 unspecified atom stereocenters. The number of anilines is 1. The van der Waals surface area contributed by atoms with Crippen LogP contribution in [0.1, 0.15) is 12.5 Å². The zero-order chi connectivity index (χ0) is 7.68. The summed E-state index contributed by atoms with van der Waals surface area (Å²) >= 11 is 0. The molecular weight excluding hydrogens is 134 g/mol. The summed E-state index contributed by atoms with van der Waals surface area (Å²) in [5.41, 5.74) is 2.52. The lowest BCUT2D eigenvalue weighted by atomic mass is 10.1. The van der Waals surface area contributed by atoms with Gasteiger partial charge in [0.25, 0.3) is 0 Å². The van der Waals surface area contributed by atoms with Gasteiger partial charge in [-0.2, -0.15) is 0 Å². The fourth-order valence-electron chi connectivity index (χ4n) is 1.32. The molecule has 1 heterocycles. The first kappa shape index (κ1) is 6.47. The second-order valence-corrected chi connectivity index (χ2v) is 2.88. The van der Waals surface area contributed by atoms with Crippen molar-refractivity contribution < 1.29 is 0 Å². The fourth-order valence-corrected chi connectivity index (χ4v) is 1.32. The summed E-state index contributed by atoms with van der Waals surface area (Å²) in [7, 11) is 0. The zero-order valence-electron chi connectivity index (χ0n) is 6.54. The predicted octanol–water partition coefficient (Wildman–Crippen LogP) is 2.51. The van der Waals surface area contributed by atoms with Crippen molar-refractivity contribution in [2.45, 2.75) is 13.0 Å². The van der Waals surface area contributed by atoms with Crippen LogP contribution in [0.5, 0.6) is 0 Å². The number of benzene rings is 1. The molecule has 0 amide bonds. The molecule has 1 aliphatic rings. The van der Waals surface area contributed by atoms with E-state index in [0.29, 0.717) is 6.04 Å². The molecule has 0 saturated heterocycles. The summed E-state index contributed by atoms with van der Waals surface area (Å²) in [6.07, 6.45) is 4.33. The molecule has 2 rings (SSSR count). The molecular formula is C10H11N. The van der Waals surface area contributed by atoms with E-state index in [-0.39, 0.29) is 0 Å².